The number of hydrogen-bond donors (Lipinski definition) is 1. The van der Waals surface area contributed by atoms with Crippen LogP contribution in [0.25, 0.3) is 0 Å². The minimum atomic E-state index is -0.282. The van der Waals surface area contributed by atoms with Gasteiger partial charge < -0.3 is 10.1 Å². The van der Waals surface area contributed by atoms with Gasteiger partial charge in [-0.1, -0.05) is 0 Å². The summed E-state index contributed by atoms with van der Waals surface area (Å²) >= 11 is 1.23. The van der Waals surface area contributed by atoms with Crippen molar-refractivity contribution >= 4 is 22.6 Å². The first-order chi connectivity index (χ1) is 6.22. The van der Waals surface area contributed by atoms with E-state index in [2.05, 4.69) is 14.7 Å². The van der Waals surface area contributed by atoms with E-state index in [9.17, 15) is 4.79 Å². The summed E-state index contributed by atoms with van der Waals surface area (Å²) in [6, 6.07) is 0. The monoisotopic (exact) mass is 201 g/mol. The molecular formula is C7H11N3O2S. The van der Waals surface area contributed by atoms with E-state index in [-0.39, 0.29) is 12.5 Å². The predicted octanol–water partition coefficient (Wildman–Crippen LogP) is 0.822. The van der Waals surface area contributed by atoms with E-state index in [1.165, 1.54) is 11.5 Å². The average Bonchev–Trinajstić information content (AvgIpc) is 2.49. The highest BCUT2D eigenvalue weighted by Crippen LogP contribution is 2.08. The summed E-state index contributed by atoms with van der Waals surface area (Å²) in [6.07, 6.45) is 0. The smallest absolute Gasteiger partial charge is 0.325 e. The summed E-state index contributed by atoms with van der Waals surface area (Å²) in [5.74, 6) is 0.423. The number of esters is 1. The molecule has 1 aromatic heterocycles. The molecule has 72 valence electrons. The second-order valence-electron chi connectivity index (χ2n) is 2.31. The fraction of sp³-hybridized carbons (Fsp3) is 0.571. The molecule has 0 aromatic carbocycles. The second-order valence-corrected chi connectivity index (χ2v) is 3.06. The summed E-state index contributed by atoms with van der Waals surface area (Å²) in [4.78, 5) is 14.9. The first-order valence-corrected chi connectivity index (χ1v) is 4.69. The standard InChI is InChI=1S/C7H11N3O2S/c1-3-12-6(11)4-8-7-9-5(2)10-13-7/h3-4H2,1-2H3,(H,8,9,10). The van der Waals surface area contributed by atoms with Gasteiger partial charge in [0.05, 0.1) is 6.61 Å². The average molecular weight is 201 g/mol. The van der Waals surface area contributed by atoms with Crippen molar-refractivity contribution in [3.8, 4) is 0 Å². The van der Waals surface area contributed by atoms with Gasteiger partial charge in [-0.15, -0.1) is 0 Å². The van der Waals surface area contributed by atoms with Crippen LogP contribution in [0.4, 0.5) is 5.13 Å². The lowest BCUT2D eigenvalue weighted by Gasteiger charge is -2.00. The number of rotatable bonds is 4. The maximum atomic E-state index is 10.9. The molecule has 0 atom stereocenters. The molecule has 1 heterocycles. The van der Waals surface area contributed by atoms with Crippen LogP contribution in [0.3, 0.4) is 0 Å². The predicted molar refractivity (Wildman–Crippen MR) is 49.8 cm³/mol. The molecule has 0 saturated heterocycles. The molecule has 6 heteroatoms. The van der Waals surface area contributed by atoms with Crippen LogP contribution in [-0.4, -0.2) is 28.5 Å². The quantitative estimate of drug-likeness (QED) is 0.731. The van der Waals surface area contributed by atoms with Gasteiger partial charge in [0.1, 0.15) is 12.4 Å². The van der Waals surface area contributed by atoms with Gasteiger partial charge in [0.15, 0.2) is 0 Å². The van der Waals surface area contributed by atoms with Gasteiger partial charge >= 0.3 is 5.97 Å². The van der Waals surface area contributed by atoms with Gasteiger partial charge in [0, 0.05) is 11.5 Å². The van der Waals surface area contributed by atoms with Gasteiger partial charge in [0.25, 0.3) is 0 Å². The van der Waals surface area contributed by atoms with Crippen LogP contribution in [0.15, 0.2) is 0 Å². The van der Waals surface area contributed by atoms with Gasteiger partial charge in [-0.2, -0.15) is 4.37 Å². The Morgan fingerprint density at radius 2 is 2.46 bits per heavy atom. The maximum absolute atomic E-state index is 10.9. The zero-order valence-corrected chi connectivity index (χ0v) is 8.35. The first kappa shape index (κ1) is 9.91. The van der Waals surface area contributed by atoms with Gasteiger partial charge in [-0.05, 0) is 13.8 Å². The normalized spacial score (nSPS) is 9.69. The van der Waals surface area contributed by atoms with E-state index in [1.807, 2.05) is 0 Å². The van der Waals surface area contributed by atoms with Crippen LogP contribution < -0.4 is 5.32 Å². The molecule has 1 rings (SSSR count). The van der Waals surface area contributed by atoms with Crippen LogP contribution in [0.5, 0.6) is 0 Å². The summed E-state index contributed by atoms with van der Waals surface area (Å²) in [6.45, 7) is 4.11. The molecule has 0 bridgehead atoms. The molecule has 1 N–H and O–H groups in total. The molecule has 13 heavy (non-hydrogen) atoms. The van der Waals surface area contributed by atoms with Crippen LogP contribution in [0.1, 0.15) is 12.7 Å². The lowest BCUT2D eigenvalue weighted by atomic mass is 10.6. The Hall–Kier alpha value is -1.17. The molecule has 0 saturated carbocycles. The van der Waals surface area contributed by atoms with Crippen molar-refractivity contribution in [1.29, 1.82) is 0 Å². The van der Waals surface area contributed by atoms with Crippen molar-refractivity contribution < 1.29 is 9.53 Å². The van der Waals surface area contributed by atoms with E-state index < -0.39 is 0 Å². The number of aromatic nitrogens is 2. The van der Waals surface area contributed by atoms with Crippen molar-refractivity contribution in [2.24, 2.45) is 0 Å². The summed E-state index contributed by atoms with van der Waals surface area (Å²) < 4.78 is 8.68. The third-order valence-corrected chi connectivity index (χ3v) is 1.98. The highest BCUT2D eigenvalue weighted by atomic mass is 32.1. The SMILES string of the molecule is CCOC(=O)CNc1nc(C)ns1. The number of nitrogens with zero attached hydrogens (tertiary/aromatic N) is 2. The Morgan fingerprint density at radius 1 is 1.69 bits per heavy atom. The van der Waals surface area contributed by atoms with Crippen molar-refractivity contribution in [2.45, 2.75) is 13.8 Å². The van der Waals surface area contributed by atoms with Gasteiger partial charge in [-0.3, -0.25) is 4.79 Å². The van der Waals surface area contributed by atoms with Crippen LogP contribution in [0, 0.1) is 6.92 Å². The topological polar surface area (TPSA) is 64.1 Å². The highest BCUT2D eigenvalue weighted by molar-refractivity contribution is 7.09. The molecule has 1 aromatic rings. The highest BCUT2D eigenvalue weighted by Gasteiger charge is 2.03. The number of hydrogen-bond acceptors (Lipinski definition) is 6. The van der Waals surface area contributed by atoms with Crippen LogP contribution >= 0.6 is 11.5 Å². The van der Waals surface area contributed by atoms with Crippen LogP contribution in [-0.2, 0) is 9.53 Å². The Balaban J connectivity index is 2.30. The minimum absolute atomic E-state index is 0.141. The number of nitrogens with one attached hydrogen (secondary N) is 1. The molecule has 0 spiro atoms. The minimum Gasteiger partial charge on any atom is -0.465 e. The molecule has 5 nitrogen and oxygen atoms in total. The van der Waals surface area contributed by atoms with Gasteiger partial charge in [-0.25, -0.2) is 4.98 Å². The first-order valence-electron chi connectivity index (χ1n) is 3.92. The van der Waals surface area contributed by atoms with E-state index in [0.29, 0.717) is 17.6 Å². The Kier molecular flexibility index (Phi) is 3.63. The lowest BCUT2D eigenvalue weighted by Crippen LogP contribution is -2.16. The number of anilines is 1. The largest absolute Gasteiger partial charge is 0.465 e. The van der Waals surface area contributed by atoms with E-state index in [1.54, 1.807) is 13.8 Å². The summed E-state index contributed by atoms with van der Waals surface area (Å²) in [5.41, 5.74) is 0. The van der Waals surface area contributed by atoms with Crippen molar-refractivity contribution in [3.63, 3.8) is 0 Å². The number of carbonyl (C=O) groups excluding carboxylic acids is 1. The molecule has 0 radical (unpaired) electrons. The summed E-state index contributed by atoms with van der Waals surface area (Å²) in [5, 5.41) is 3.46. The molecule has 0 unspecified atom stereocenters. The number of aryl methyl sites for hydroxylation is 1. The number of carbonyl (C=O) groups is 1. The van der Waals surface area contributed by atoms with Crippen LogP contribution in [0.2, 0.25) is 0 Å². The Bertz CT molecular complexity index is 287. The zero-order chi connectivity index (χ0) is 9.68. The maximum Gasteiger partial charge on any atom is 0.325 e. The summed E-state index contributed by atoms with van der Waals surface area (Å²) in [7, 11) is 0. The number of ether oxygens (including phenoxy) is 1. The zero-order valence-electron chi connectivity index (χ0n) is 7.53. The molecule has 0 aliphatic heterocycles. The van der Waals surface area contributed by atoms with Crippen molar-refractivity contribution in [1.82, 2.24) is 9.36 Å². The Labute approximate surface area is 80.3 Å². The molecular weight excluding hydrogens is 190 g/mol. The molecule has 0 fully saturated rings. The van der Waals surface area contributed by atoms with E-state index in [4.69, 9.17) is 4.74 Å². The molecule has 0 aliphatic carbocycles. The Morgan fingerprint density at radius 3 is 3.00 bits per heavy atom. The van der Waals surface area contributed by atoms with Crippen molar-refractivity contribution in [2.75, 3.05) is 18.5 Å². The fourth-order valence-electron chi connectivity index (χ4n) is 0.729. The second kappa shape index (κ2) is 4.76. The third kappa shape index (κ3) is 3.37. The van der Waals surface area contributed by atoms with E-state index in [0.717, 1.165) is 0 Å². The van der Waals surface area contributed by atoms with Crippen molar-refractivity contribution in [3.05, 3.63) is 5.82 Å². The fourth-order valence-corrected chi connectivity index (χ4v) is 1.30. The molecule has 0 aliphatic rings. The van der Waals surface area contributed by atoms with Gasteiger partial charge in [0.2, 0.25) is 5.13 Å². The lowest BCUT2D eigenvalue weighted by molar-refractivity contribution is -0.140. The third-order valence-electron chi connectivity index (χ3n) is 1.22. The molecule has 0 amide bonds. The van der Waals surface area contributed by atoms with E-state index >= 15 is 0 Å².